The molecule has 13 heavy (non-hydrogen) atoms. The first-order valence-corrected chi connectivity index (χ1v) is 3.93. The normalized spacial score (nSPS) is 9.62. The molecule has 2 aromatic rings. The molecule has 0 saturated heterocycles. The zero-order chi connectivity index (χ0) is 9.10. The van der Waals surface area contributed by atoms with Gasteiger partial charge in [0, 0.05) is 0 Å². The fourth-order valence-electron chi connectivity index (χ4n) is 1.20. The van der Waals surface area contributed by atoms with Crippen molar-refractivity contribution in [2.75, 3.05) is 6.61 Å². The molecule has 1 aromatic heterocycles. The van der Waals surface area contributed by atoms with Gasteiger partial charge in [0.05, 0.1) is 17.4 Å². The summed E-state index contributed by atoms with van der Waals surface area (Å²) >= 11 is 0. The number of aliphatic hydroxyl groups is 1. The molecule has 0 unspecified atom stereocenters. The maximum atomic E-state index is 8.55. The standard InChI is InChI=1S/C10H8N2O/c13-6-2-4-8-3-1-5-9-10(8)12-7-11-9/h1,3,5,7,13H,6H2,(H,11,12). The molecular formula is C10H8N2O. The summed E-state index contributed by atoms with van der Waals surface area (Å²) < 4.78 is 0. The summed E-state index contributed by atoms with van der Waals surface area (Å²) in [6, 6.07) is 5.72. The molecule has 1 heterocycles. The fraction of sp³-hybridized carbons (Fsp3) is 0.100. The Morgan fingerprint density at radius 3 is 3.23 bits per heavy atom. The van der Waals surface area contributed by atoms with E-state index in [9.17, 15) is 0 Å². The number of hydrogen-bond donors (Lipinski definition) is 2. The van der Waals surface area contributed by atoms with Gasteiger partial charge in [0.25, 0.3) is 0 Å². The van der Waals surface area contributed by atoms with Crippen LogP contribution in [0.4, 0.5) is 0 Å². The minimum atomic E-state index is -0.124. The van der Waals surface area contributed by atoms with Gasteiger partial charge in [0.1, 0.15) is 12.1 Å². The third-order valence-electron chi connectivity index (χ3n) is 1.75. The predicted octanol–water partition coefficient (Wildman–Crippen LogP) is 0.907. The molecule has 64 valence electrons. The number of hydrogen-bond acceptors (Lipinski definition) is 2. The maximum Gasteiger partial charge on any atom is 0.104 e. The molecule has 0 amide bonds. The van der Waals surface area contributed by atoms with Crippen molar-refractivity contribution in [2.24, 2.45) is 0 Å². The molecular weight excluding hydrogens is 164 g/mol. The van der Waals surface area contributed by atoms with Gasteiger partial charge in [0.2, 0.25) is 0 Å². The van der Waals surface area contributed by atoms with Crippen molar-refractivity contribution >= 4 is 11.0 Å². The van der Waals surface area contributed by atoms with Crippen LogP contribution in [0.15, 0.2) is 24.5 Å². The number of aromatic nitrogens is 2. The van der Waals surface area contributed by atoms with Gasteiger partial charge in [-0.3, -0.25) is 0 Å². The Morgan fingerprint density at radius 1 is 1.46 bits per heavy atom. The number of para-hydroxylation sites is 1. The Labute approximate surface area is 75.4 Å². The molecule has 0 atom stereocenters. The van der Waals surface area contributed by atoms with Gasteiger partial charge in [-0.05, 0) is 12.1 Å². The topological polar surface area (TPSA) is 48.9 Å². The van der Waals surface area contributed by atoms with E-state index in [0.717, 1.165) is 16.6 Å². The Balaban J connectivity index is 2.61. The predicted molar refractivity (Wildman–Crippen MR) is 50.1 cm³/mol. The second kappa shape index (κ2) is 3.30. The van der Waals surface area contributed by atoms with Crippen molar-refractivity contribution in [3.8, 4) is 11.8 Å². The minimum absolute atomic E-state index is 0.124. The van der Waals surface area contributed by atoms with Crippen LogP contribution < -0.4 is 0 Å². The summed E-state index contributed by atoms with van der Waals surface area (Å²) in [4.78, 5) is 7.13. The van der Waals surface area contributed by atoms with Gasteiger partial charge < -0.3 is 10.1 Å². The fourth-order valence-corrected chi connectivity index (χ4v) is 1.20. The minimum Gasteiger partial charge on any atom is -0.384 e. The zero-order valence-electron chi connectivity index (χ0n) is 6.91. The lowest BCUT2D eigenvalue weighted by Crippen LogP contribution is -1.79. The quantitative estimate of drug-likeness (QED) is 0.580. The van der Waals surface area contributed by atoms with Crippen LogP contribution >= 0.6 is 0 Å². The molecule has 2 rings (SSSR count). The number of benzene rings is 1. The van der Waals surface area contributed by atoms with Crippen molar-refractivity contribution in [3.63, 3.8) is 0 Å². The van der Waals surface area contributed by atoms with E-state index in [1.54, 1.807) is 6.33 Å². The summed E-state index contributed by atoms with van der Waals surface area (Å²) in [5.41, 5.74) is 2.65. The molecule has 0 spiro atoms. The van der Waals surface area contributed by atoms with Crippen molar-refractivity contribution < 1.29 is 5.11 Å². The number of aromatic amines is 1. The summed E-state index contributed by atoms with van der Waals surface area (Å²) in [6.07, 6.45) is 1.63. The average molecular weight is 172 g/mol. The first kappa shape index (κ1) is 7.84. The van der Waals surface area contributed by atoms with Crippen LogP contribution in [0.5, 0.6) is 0 Å². The Kier molecular flexibility index (Phi) is 1.99. The Bertz CT molecular complexity index is 476. The number of nitrogens with one attached hydrogen (secondary N) is 1. The first-order chi connectivity index (χ1) is 6.42. The van der Waals surface area contributed by atoms with Crippen LogP contribution in [0, 0.1) is 11.8 Å². The Morgan fingerprint density at radius 2 is 2.38 bits per heavy atom. The molecule has 0 radical (unpaired) electrons. The summed E-state index contributed by atoms with van der Waals surface area (Å²) in [6.45, 7) is -0.124. The van der Waals surface area contributed by atoms with Gasteiger partial charge in [-0.15, -0.1) is 0 Å². The van der Waals surface area contributed by atoms with Crippen LogP contribution in [0.2, 0.25) is 0 Å². The molecule has 3 heteroatoms. The highest BCUT2D eigenvalue weighted by atomic mass is 16.2. The van der Waals surface area contributed by atoms with Gasteiger partial charge >= 0.3 is 0 Å². The molecule has 0 aliphatic rings. The largest absolute Gasteiger partial charge is 0.384 e. The number of fused-ring (bicyclic) bond motifs is 1. The number of H-pyrrole nitrogens is 1. The highest BCUT2D eigenvalue weighted by molar-refractivity contribution is 5.81. The lowest BCUT2D eigenvalue weighted by molar-refractivity contribution is 0.350. The molecule has 1 aromatic carbocycles. The summed E-state index contributed by atoms with van der Waals surface area (Å²) in [5, 5.41) is 8.55. The molecule has 3 nitrogen and oxygen atoms in total. The van der Waals surface area contributed by atoms with E-state index in [-0.39, 0.29) is 6.61 Å². The average Bonchev–Trinajstić information content (AvgIpc) is 2.62. The molecule has 0 bridgehead atoms. The van der Waals surface area contributed by atoms with Crippen molar-refractivity contribution in [1.29, 1.82) is 0 Å². The molecule has 0 aliphatic heterocycles. The van der Waals surface area contributed by atoms with E-state index >= 15 is 0 Å². The van der Waals surface area contributed by atoms with Crippen molar-refractivity contribution in [1.82, 2.24) is 9.97 Å². The first-order valence-electron chi connectivity index (χ1n) is 3.93. The van der Waals surface area contributed by atoms with Crippen LogP contribution in [0.1, 0.15) is 5.56 Å². The molecule has 2 N–H and O–H groups in total. The van der Waals surface area contributed by atoms with Gasteiger partial charge in [-0.2, -0.15) is 0 Å². The molecule has 0 saturated carbocycles. The number of rotatable bonds is 0. The lowest BCUT2D eigenvalue weighted by Gasteiger charge is -1.90. The van der Waals surface area contributed by atoms with E-state index in [4.69, 9.17) is 5.11 Å². The zero-order valence-corrected chi connectivity index (χ0v) is 6.91. The lowest BCUT2D eigenvalue weighted by atomic mass is 10.2. The van der Waals surface area contributed by atoms with Gasteiger partial charge in [0.15, 0.2) is 0 Å². The van der Waals surface area contributed by atoms with E-state index in [1.165, 1.54) is 0 Å². The van der Waals surface area contributed by atoms with E-state index < -0.39 is 0 Å². The van der Waals surface area contributed by atoms with Gasteiger partial charge in [-0.25, -0.2) is 4.98 Å². The second-order valence-electron chi connectivity index (χ2n) is 2.56. The molecule has 0 aliphatic carbocycles. The van der Waals surface area contributed by atoms with Gasteiger partial charge in [-0.1, -0.05) is 17.9 Å². The second-order valence-corrected chi connectivity index (χ2v) is 2.56. The third kappa shape index (κ3) is 1.40. The van der Waals surface area contributed by atoms with Crippen LogP contribution in [-0.2, 0) is 0 Å². The number of aliphatic hydroxyl groups excluding tert-OH is 1. The van der Waals surface area contributed by atoms with E-state index in [0.29, 0.717) is 0 Å². The summed E-state index contributed by atoms with van der Waals surface area (Å²) in [7, 11) is 0. The summed E-state index contributed by atoms with van der Waals surface area (Å²) in [5.74, 6) is 5.44. The van der Waals surface area contributed by atoms with E-state index in [2.05, 4.69) is 21.8 Å². The highest BCUT2D eigenvalue weighted by Gasteiger charge is 1.98. The van der Waals surface area contributed by atoms with Crippen LogP contribution in [0.25, 0.3) is 11.0 Å². The van der Waals surface area contributed by atoms with Crippen LogP contribution in [0.3, 0.4) is 0 Å². The highest BCUT2D eigenvalue weighted by Crippen LogP contribution is 2.12. The number of nitrogens with zero attached hydrogens (tertiary/aromatic N) is 1. The van der Waals surface area contributed by atoms with Crippen LogP contribution in [-0.4, -0.2) is 21.7 Å². The van der Waals surface area contributed by atoms with E-state index in [1.807, 2.05) is 18.2 Å². The Hall–Kier alpha value is -1.79. The molecule has 0 fully saturated rings. The van der Waals surface area contributed by atoms with Crippen molar-refractivity contribution in [2.45, 2.75) is 0 Å². The third-order valence-corrected chi connectivity index (χ3v) is 1.75. The number of imidazole rings is 1. The maximum absolute atomic E-state index is 8.55. The monoisotopic (exact) mass is 172 g/mol. The van der Waals surface area contributed by atoms with Crippen molar-refractivity contribution in [3.05, 3.63) is 30.1 Å². The SMILES string of the molecule is OCC#Cc1cccc2[nH]cnc12. The smallest absolute Gasteiger partial charge is 0.104 e.